The van der Waals surface area contributed by atoms with Crippen molar-refractivity contribution in [1.29, 1.82) is 0 Å². The van der Waals surface area contributed by atoms with E-state index in [0.29, 0.717) is 5.56 Å². The Bertz CT molecular complexity index is 558. The smallest absolute Gasteiger partial charge is 0.129 e. The average Bonchev–Trinajstić information content (AvgIpc) is 2.35. The molecule has 92 valence electrons. The summed E-state index contributed by atoms with van der Waals surface area (Å²) >= 11 is 0. The molecule has 0 fully saturated rings. The monoisotopic (exact) mass is 244 g/mol. The maximum absolute atomic E-state index is 13.3. The van der Waals surface area contributed by atoms with Gasteiger partial charge in [-0.25, -0.2) is 8.78 Å². The van der Waals surface area contributed by atoms with Crippen LogP contribution >= 0.6 is 0 Å². The molecule has 0 saturated heterocycles. The molecule has 0 heterocycles. The predicted octanol–water partition coefficient (Wildman–Crippen LogP) is 4.75. The van der Waals surface area contributed by atoms with E-state index >= 15 is 0 Å². The summed E-state index contributed by atoms with van der Waals surface area (Å²) in [5.41, 5.74) is 2.76. The molecule has 0 N–H and O–H groups in total. The second kappa shape index (κ2) is 5.13. The van der Waals surface area contributed by atoms with Gasteiger partial charge in [0.1, 0.15) is 11.6 Å². The summed E-state index contributed by atoms with van der Waals surface area (Å²) in [6.45, 7) is 3.44. The number of rotatable bonds is 2. The number of benzene rings is 2. The highest BCUT2D eigenvalue weighted by molar-refractivity contribution is 5.69. The van der Waals surface area contributed by atoms with Crippen LogP contribution in [0.3, 0.4) is 0 Å². The standard InChI is InChI=1S/C16H14F2/c1-11-3-5-13(6-4-11)7-8-14-9-15(17)12(2)16(18)10-14/h3-10H,1-2H3. The van der Waals surface area contributed by atoms with Gasteiger partial charge in [-0.2, -0.15) is 0 Å². The van der Waals surface area contributed by atoms with Crippen molar-refractivity contribution in [2.75, 3.05) is 0 Å². The third-order valence-corrected chi connectivity index (χ3v) is 2.85. The molecule has 0 atom stereocenters. The number of hydrogen-bond acceptors (Lipinski definition) is 0. The first-order chi connectivity index (χ1) is 8.56. The number of hydrogen-bond donors (Lipinski definition) is 0. The highest BCUT2D eigenvalue weighted by Crippen LogP contribution is 2.16. The summed E-state index contributed by atoms with van der Waals surface area (Å²) in [7, 11) is 0. The van der Waals surface area contributed by atoms with Crippen molar-refractivity contribution in [2.24, 2.45) is 0 Å². The first kappa shape index (κ1) is 12.5. The molecule has 2 rings (SSSR count). The summed E-state index contributed by atoms with van der Waals surface area (Å²) in [4.78, 5) is 0. The molecule has 2 aromatic carbocycles. The summed E-state index contributed by atoms with van der Waals surface area (Å²) in [5.74, 6) is -1.03. The minimum absolute atomic E-state index is 0.0579. The Morgan fingerprint density at radius 2 is 1.28 bits per heavy atom. The van der Waals surface area contributed by atoms with Crippen LogP contribution in [0.25, 0.3) is 12.2 Å². The zero-order chi connectivity index (χ0) is 13.1. The quantitative estimate of drug-likeness (QED) is 0.668. The van der Waals surface area contributed by atoms with E-state index < -0.39 is 11.6 Å². The third-order valence-electron chi connectivity index (χ3n) is 2.85. The van der Waals surface area contributed by atoms with E-state index in [1.807, 2.05) is 37.3 Å². The molecule has 0 amide bonds. The van der Waals surface area contributed by atoms with Crippen LogP contribution in [-0.2, 0) is 0 Å². The van der Waals surface area contributed by atoms with Crippen LogP contribution in [0.2, 0.25) is 0 Å². The molecule has 18 heavy (non-hydrogen) atoms. The lowest BCUT2D eigenvalue weighted by molar-refractivity contribution is 0.567. The average molecular weight is 244 g/mol. The first-order valence-corrected chi connectivity index (χ1v) is 5.76. The molecule has 0 aromatic heterocycles. The fraction of sp³-hybridized carbons (Fsp3) is 0.125. The lowest BCUT2D eigenvalue weighted by atomic mass is 10.1. The van der Waals surface area contributed by atoms with Gasteiger partial charge in [0.2, 0.25) is 0 Å². The SMILES string of the molecule is Cc1ccc(C=Cc2cc(F)c(C)c(F)c2)cc1. The van der Waals surface area contributed by atoms with Crippen LogP contribution in [0.1, 0.15) is 22.3 Å². The van der Waals surface area contributed by atoms with Gasteiger partial charge in [-0.1, -0.05) is 42.0 Å². The normalized spacial score (nSPS) is 11.1. The summed E-state index contributed by atoms with van der Waals surface area (Å²) in [6.07, 6.45) is 3.54. The molecule has 2 heteroatoms. The van der Waals surface area contributed by atoms with E-state index in [0.717, 1.165) is 5.56 Å². The summed E-state index contributed by atoms with van der Waals surface area (Å²) in [6, 6.07) is 10.6. The van der Waals surface area contributed by atoms with Gasteiger partial charge in [-0.3, -0.25) is 0 Å². The molecule has 0 spiro atoms. The van der Waals surface area contributed by atoms with E-state index in [4.69, 9.17) is 0 Å². The Morgan fingerprint density at radius 1 is 0.778 bits per heavy atom. The zero-order valence-corrected chi connectivity index (χ0v) is 10.4. The largest absolute Gasteiger partial charge is 0.207 e. The molecule has 0 aliphatic rings. The molecule has 0 bridgehead atoms. The van der Waals surface area contributed by atoms with Crippen molar-refractivity contribution in [2.45, 2.75) is 13.8 Å². The highest BCUT2D eigenvalue weighted by atomic mass is 19.1. The van der Waals surface area contributed by atoms with Gasteiger partial charge in [-0.05, 0) is 37.1 Å². The van der Waals surface area contributed by atoms with Gasteiger partial charge in [-0.15, -0.1) is 0 Å². The van der Waals surface area contributed by atoms with Crippen molar-refractivity contribution in [3.05, 3.63) is 70.3 Å². The fourth-order valence-corrected chi connectivity index (χ4v) is 1.63. The minimum atomic E-state index is -0.515. The zero-order valence-electron chi connectivity index (χ0n) is 10.4. The molecule has 0 radical (unpaired) electrons. The van der Waals surface area contributed by atoms with E-state index in [1.54, 1.807) is 6.08 Å². The molecule has 0 saturated carbocycles. The molecule has 2 aromatic rings. The Balaban J connectivity index is 2.26. The van der Waals surface area contributed by atoms with E-state index in [2.05, 4.69) is 0 Å². The Labute approximate surface area is 106 Å². The van der Waals surface area contributed by atoms with Crippen molar-refractivity contribution in [3.8, 4) is 0 Å². The van der Waals surface area contributed by atoms with Crippen molar-refractivity contribution in [1.82, 2.24) is 0 Å². The van der Waals surface area contributed by atoms with Gasteiger partial charge < -0.3 is 0 Å². The first-order valence-electron chi connectivity index (χ1n) is 5.76. The Hall–Kier alpha value is -1.96. The van der Waals surface area contributed by atoms with Crippen LogP contribution in [0, 0.1) is 25.5 Å². The highest BCUT2D eigenvalue weighted by Gasteiger charge is 2.04. The van der Waals surface area contributed by atoms with Gasteiger partial charge in [0.05, 0.1) is 0 Å². The lowest BCUT2D eigenvalue weighted by Crippen LogP contribution is -1.89. The number of halogens is 2. The molecule has 0 aliphatic heterocycles. The number of aryl methyl sites for hydroxylation is 1. The van der Waals surface area contributed by atoms with Gasteiger partial charge in [0.25, 0.3) is 0 Å². The second-order valence-corrected chi connectivity index (χ2v) is 4.35. The summed E-state index contributed by atoms with van der Waals surface area (Å²) in [5, 5.41) is 0. The van der Waals surface area contributed by atoms with Crippen LogP contribution < -0.4 is 0 Å². The minimum Gasteiger partial charge on any atom is -0.207 e. The molecule has 0 unspecified atom stereocenters. The van der Waals surface area contributed by atoms with Crippen LogP contribution in [0.5, 0.6) is 0 Å². The molecule has 0 aliphatic carbocycles. The Morgan fingerprint density at radius 3 is 1.83 bits per heavy atom. The van der Waals surface area contributed by atoms with Gasteiger partial charge >= 0.3 is 0 Å². The fourth-order valence-electron chi connectivity index (χ4n) is 1.63. The maximum Gasteiger partial charge on any atom is 0.129 e. The summed E-state index contributed by atoms with van der Waals surface area (Å²) < 4.78 is 26.7. The van der Waals surface area contributed by atoms with E-state index in [9.17, 15) is 8.78 Å². The third kappa shape index (κ3) is 2.83. The van der Waals surface area contributed by atoms with Crippen LogP contribution in [-0.4, -0.2) is 0 Å². The van der Waals surface area contributed by atoms with E-state index in [-0.39, 0.29) is 5.56 Å². The van der Waals surface area contributed by atoms with Crippen LogP contribution in [0.15, 0.2) is 36.4 Å². The van der Waals surface area contributed by atoms with Gasteiger partial charge in [0.15, 0.2) is 0 Å². The second-order valence-electron chi connectivity index (χ2n) is 4.35. The predicted molar refractivity (Wildman–Crippen MR) is 71.2 cm³/mol. The lowest BCUT2D eigenvalue weighted by Gasteiger charge is -2.01. The van der Waals surface area contributed by atoms with Crippen molar-refractivity contribution in [3.63, 3.8) is 0 Å². The molecular weight excluding hydrogens is 230 g/mol. The Kier molecular flexibility index (Phi) is 3.56. The van der Waals surface area contributed by atoms with Gasteiger partial charge in [0, 0.05) is 5.56 Å². The topological polar surface area (TPSA) is 0 Å². The molecule has 0 nitrogen and oxygen atoms in total. The van der Waals surface area contributed by atoms with Crippen molar-refractivity contribution < 1.29 is 8.78 Å². The van der Waals surface area contributed by atoms with Crippen molar-refractivity contribution >= 4 is 12.2 Å². The molecular formula is C16H14F2. The van der Waals surface area contributed by atoms with Crippen LogP contribution in [0.4, 0.5) is 8.78 Å². The van der Waals surface area contributed by atoms with E-state index in [1.165, 1.54) is 24.6 Å². The maximum atomic E-state index is 13.3.